The fraction of sp³-hybridized carbons (Fsp3) is 0.300. The Morgan fingerprint density at radius 2 is 1.97 bits per heavy atom. The predicted octanol–water partition coefficient (Wildman–Crippen LogP) is 2.38. The van der Waals surface area contributed by atoms with E-state index < -0.39 is 4.92 Å². The van der Waals surface area contributed by atoms with Crippen LogP contribution in [0.15, 0.2) is 42.5 Å². The Labute approximate surface area is 168 Å². The zero-order chi connectivity index (χ0) is 20.8. The number of amides is 1. The molecule has 9 heteroatoms. The topological polar surface area (TPSA) is 112 Å². The summed E-state index contributed by atoms with van der Waals surface area (Å²) in [7, 11) is 1.66. The lowest BCUT2D eigenvalue weighted by molar-refractivity contribution is -0.384. The first kappa shape index (κ1) is 20.1. The van der Waals surface area contributed by atoms with Crippen molar-refractivity contribution in [3.05, 3.63) is 58.1 Å². The molecule has 0 unspecified atom stereocenters. The van der Waals surface area contributed by atoms with Crippen molar-refractivity contribution in [3.8, 4) is 6.07 Å². The SMILES string of the molecule is CN(CC(=O)Nc1ccc(N2CCOCC2)cc1)c1ccc([N+](=O)[O-])cc1C#N. The second-order valence-corrected chi connectivity index (χ2v) is 6.62. The lowest BCUT2D eigenvalue weighted by Crippen LogP contribution is -2.36. The molecule has 1 amide bonds. The van der Waals surface area contributed by atoms with Gasteiger partial charge in [0, 0.05) is 43.6 Å². The summed E-state index contributed by atoms with van der Waals surface area (Å²) in [4.78, 5) is 26.5. The largest absolute Gasteiger partial charge is 0.378 e. The third kappa shape index (κ3) is 5.00. The average Bonchev–Trinajstić information content (AvgIpc) is 2.74. The van der Waals surface area contributed by atoms with E-state index in [9.17, 15) is 20.2 Å². The molecule has 0 radical (unpaired) electrons. The molecule has 0 aliphatic carbocycles. The minimum Gasteiger partial charge on any atom is -0.378 e. The number of hydrogen-bond donors (Lipinski definition) is 1. The molecule has 3 rings (SSSR count). The van der Waals surface area contributed by atoms with Crippen molar-refractivity contribution in [1.82, 2.24) is 0 Å². The number of morpholine rings is 1. The molecule has 9 nitrogen and oxygen atoms in total. The van der Waals surface area contributed by atoms with E-state index >= 15 is 0 Å². The number of nitriles is 1. The van der Waals surface area contributed by atoms with E-state index in [0.717, 1.165) is 18.8 Å². The van der Waals surface area contributed by atoms with Gasteiger partial charge in [0.1, 0.15) is 6.07 Å². The highest BCUT2D eigenvalue weighted by atomic mass is 16.6. The van der Waals surface area contributed by atoms with Crippen LogP contribution in [0.2, 0.25) is 0 Å². The Hall–Kier alpha value is -3.64. The highest BCUT2D eigenvalue weighted by Crippen LogP contribution is 2.24. The van der Waals surface area contributed by atoms with Crippen LogP contribution in [0.5, 0.6) is 0 Å². The molecule has 150 valence electrons. The summed E-state index contributed by atoms with van der Waals surface area (Å²) in [5, 5.41) is 23.0. The second-order valence-electron chi connectivity index (χ2n) is 6.62. The van der Waals surface area contributed by atoms with Gasteiger partial charge in [0.15, 0.2) is 0 Å². The number of benzene rings is 2. The molecule has 0 spiro atoms. The van der Waals surface area contributed by atoms with Crippen molar-refractivity contribution >= 4 is 28.7 Å². The third-order valence-corrected chi connectivity index (χ3v) is 4.63. The summed E-state index contributed by atoms with van der Waals surface area (Å²) in [5.74, 6) is -0.256. The first-order valence-electron chi connectivity index (χ1n) is 9.10. The van der Waals surface area contributed by atoms with Gasteiger partial charge in [-0.05, 0) is 30.3 Å². The third-order valence-electron chi connectivity index (χ3n) is 4.63. The van der Waals surface area contributed by atoms with E-state index in [-0.39, 0.29) is 23.7 Å². The summed E-state index contributed by atoms with van der Waals surface area (Å²) in [6, 6.07) is 13.5. The second kappa shape index (κ2) is 9.03. The molecule has 1 fully saturated rings. The van der Waals surface area contributed by atoms with Gasteiger partial charge in [-0.1, -0.05) is 0 Å². The number of likely N-dealkylation sites (N-methyl/N-ethyl adjacent to an activating group) is 1. The minimum absolute atomic E-state index is 0.00228. The first-order valence-corrected chi connectivity index (χ1v) is 9.10. The lowest BCUT2D eigenvalue weighted by atomic mass is 10.1. The highest BCUT2D eigenvalue weighted by molar-refractivity contribution is 5.94. The van der Waals surface area contributed by atoms with Crippen LogP contribution >= 0.6 is 0 Å². The van der Waals surface area contributed by atoms with Crippen LogP contribution in [0.4, 0.5) is 22.7 Å². The molecular formula is C20H21N5O4. The summed E-state index contributed by atoms with van der Waals surface area (Å²) in [6.07, 6.45) is 0. The van der Waals surface area contributed by atoms with E-state index in [1.54, 1.807) is 11.9 Å². The maximum atomic E-state index is 12.4. The van der Waals surface area contributed by atoms with Crippen molar-refractivity contribution in [1.29, 1.82) is 5.26 Å². The van der Waals surface area contributed by atoms with Crippen molar-refractivity contribution in [3.63, 3.8) is 0 Å². The monoisotopic (exact) mass is 395 g/mol. The van der Waals surface area contributed by atoms with Gasteiger partial charge >= 0.3 is 0 Å². The molecule has 0 atom stereocenters. The van der Waals surface area contributed by atoms with Crippen LogP contribution in [0.1, 0.15) is 5.56 Å². The number of rotatable bonds is 6. The zero-order valence-corrected chi connectivity index (χ0v) is 16.0. The number of nitro benzene ring substituents is 1. The van der Waals surface area contributed by atoms with Crippen LogP contribution in [0.25, 0.3) is 0 Å². The van der Waals surface area contributed by atoms with Crippen molar-refractivity contribution in [2.45, 2.75) is 0 Å². The van der Waals surface area contributed by atoms with Gasteiger partial charge in [-0.2, -0.15) is 5.26 Å². The quantitative estimate of drug-likeness (QED) is 0.590. The van der Waals surface area contributed by atoms with E-state index in [4.69, 9.17) is 4.74 Å². The number of carbonyl (C=O) groups is 1. The number of ether oxygens (including phenoxy) is 1. The number of carbonyl (C=O) groups excluding carboxylic acids is 1. The van der Waals surface area contributed by atoms with Crippen LogP contribution in [0, 0.1) is 21.4 Å². The number of hydrogen-bond acceptors (Lipinski definition) is 7. The van der Waals surface area contributed by atoms with Crippen LogP contribution in [0.3, 0.4) is 0 Å². The smallest absolute Gasteiger partial charge is 0.270 e. The van der Waals surface area contributed by atoms with Crippen molar-refractivity contribution in [2.75, 3.05) is 55.0 Å². The summed E-state index contributed by atoms with van der Waals surface area (Å²) in [6.45, 7) is 3.09. The zero-order valence-electron chi connectivity index (χ0n) is 16.0. The molecule has 0 bridgehead atoms. The molecule has 1 N–H and O–H groups in total. The minimum atomic E-state index is -0.558. The number of nitrogens with one attached hydrogen (secondary N) is 1. The Balaban J connectivity index is 1.61. The van der Waals surface area contributed by atoms with Gasteiger partial charge in [0.25, 0.3) is 5.69 Å². The number of nitrogens with zero attached hydrogens (tertiary/aromatic N) is 4. The standard InChI is InChI=1S/C20H21N5O4/c1-23(19-7-6-18(25(27)28)12-15(19)13-21)14-20(26)22-16-2-4-17(5-3-16)24-8-10-29-11-9-24/h2-7,12H,8-11,14H2,1H3,(H,22,26). The molecule has 0 aromatic heterocycles. The first-order chi connectivity index (χ1) is 14.0. The maximum absolute atomic E-state index is 12.4. The lowest BCUT2D eigenvalue weighted by Gasteiger charge is -2.29. The van der Waals surface area contributed by atoms with Crippen molar-refractivity contribution in [2.24, 2.45) is 0 Å². The van der Waals surface area contributed by atoms with Gasteiger partial charge in [-0.15, -0.1) is 0 Å². The van der Waals surface area contributed by atoms with Crippen LogP contribution in [-0.4, -0.2) is 50.7 Å². The van der Waals surface area contributed by atoms with Crippen LogP contribution < -0.4 is 15.1 Å². The molecular weight excluding hydrogens is 374 g/mol. The van der Waals surface area contributed by atoms with Gasteiger partial charge < -0.3 is 19.9 Å². The molecule has 0 saturated carbocycles. The molecule has 29 heavy (non-hydrogen) atoms. The summed E-state index contributed by atoms with van der Waals surface area (Å²) < 4.78 is 5.35. The number of anilines is 3. The van der Waals surface area contributed by atoms with Gasteiger partial charge in [-0.25, -0.2) is 0 Å². The van der Waals surface area contributed by atoms with Crippen molar-refractivity contribution < 1.29 is 14.5 Å². The molecule has 1 heterocycles. The fourth-order valence-electron chi connectivity index (χ4n) is 3.14. The summed E-state index contributed by atoms with van der Waals surface area (Å²) >= 11 is 0. The molecule has 1 aliphatic heterocycles. The van der Waals surface area contributed by atoms with Gasteiger partial charge in [0.2, 0.25) is 5.91 Å². The Morgan fingerprint density at radius 1 is 1.28 bits per heavy atom. The number of nitro groups is 1. The van der Waals surface area contributed by atoms with E-state index in [1.165, 1.54) is 18.2 Å². The Morgan fingerprint density at radius 3 is 2.59 bits per heavy atom. The predicted molar refractivity (Wildman–Crippen MR) is 109 cm³/mol. The highest BCUT2D eigenvalue weighted by Gasteiger charge is 2.16. The maximum Gasteiger partial charge on any atom is 0.270 e. The Bertz CT molecular complexity index is 933. The van der Waals surface area contributed by atoms with Crippen LogP contribution in [-0.2, 0) is 9.53 Å². The normalized spacial score (nSPS) is 13.4. The van der Waals surface area contributed by atoms with E-state index in [1.807, 2.05) is 30.3 Å². The average molecular weight is 395 g/mol. The molecule has 1 saturated heterocycles. The summed E-state index contributed by atoms with van der Waals surface area (Å²) in [5.41, 5.74) is 2.18. The number of non-ortho nitro benzene ring substituents is 1. The fourth-order valence-corrected chi connectivity index (χ4v) is 3.14. The molecule has 2 aromatic rings. The van der Waals surface area contributed by atoms with Gasteiger partial charge in [0.05, 0.1) is 35.9 Å². The van der Waals surface area contributed by atoms with Gasteiger partial charge in [-0.3, -0.25) is 14.9 Å². The molecule has 1 aliphatic rings. The van der Waals surface area contributed by atoms with E-state index in [2.05, 4.69) is 10.2 Å². The molecule has 2 aromatic carbocycles. The van der Waals surface area contributed by atoms with E-state index in [0.29, 0.717) is 24.6 Å². The Kier molecular flexibility index (Phi) is 6.26.